The zero-order valence-electron chi connectivity index (χ0n) is 13.3. The van der Waals surface area contributed by atoms with Gasteiger partial charge >= 0.3 is 5.97 Å². The highest BCUT2D eigenvalue weighted by molar-refractivity contribution is 9.11. The maximum atomic E-state index is 12.4. The summed E-state index contributed by atoms with van der Waals surface area (Å²) in [4.78, 5) is 29.4. The molecule has 0 aliphatic rings. The van der Waals surface area contributed by atoms with Gasteiger partial charge in [-0.15, -0.1) is 11.3 Å². The van der Waals surface area contributed by atoms with Gasteiger partial charge in [0.05, 0.1) is 27.6 Å². The Hall–Kier alpha value is -1.97. The lowest BCUT2D eigenvalue weighted by atomic mass is 10.3. The van der Waals surface area contributed by atoms with E-state index in [1.807, 2.05) is 12.1 Å². The van der Waals surface area contributed by atoms with Crippen LogP contribution in [0.1, 0.15) is 9.67 Å². The number of halogens is 1. The number of thiophene rings is 1. The third-order valence-electron chi connectivity index (χ3n) is 3.38. The molecule has 9 heteroatoms. The minimum atomic E-state index is -0.432. The summed E-state index contributed by atoms with van der Waals surface area (Å²) in [5, 5.41) is 0. The maximum absolute atomic E-state index is 12.4. The summed E-state index contributed by atoms with van der Waals surface area (Å²) >= 11 is 5.96. The van der Waals surface area contributed by atoms with Crippen LogP contribution in [-0.4, -0.2) is 30.7 Å². The van der Waals surface area contributed by atoms with Crippen molar-refractivity contribution in [2.45, 2.75) is 6.54 Å². The Kier molecular flexibility index (Phi) is 5.36. The van der Waals surface area contributed by atoms with Crippen molar-refractivity contribution in [1.82, 2.24) is 4.57 Å². The first-order valence-corrected chi connectivity index (χ1v) is 9.53. The van der Waals surface area contributed by atoms with Crippen LogP contribution in [0.3, 0.4) is 0 Å². The Balaban J connectivity index is 2.19. The van der Waals surface area contributed by atoms with Crippen LogP contribution in [0.25, 0.3) is 10.2 Å². The van der Waals surface area contributed by atoms with Gasteiger partial charge < -0.3 is 14.0 Å². The number of ether oxygens (including phenoxy) is 2. The van der Waals surface area contributed by atoms with E-state index in [0.29, 0.717) is 20.9 Å². The van der Waals surface area contributed by atoms with Crippen LogP contribution in [0.5, 0.6) is 5.75 Å². The predicted octanol–water partition coefficient (Wildman–Crippen LogP) is 3.45. The zero-order valence-corrected chi connectivity index (χ0v) is 16.5. The van der Waals surface area contributed by atoms with Crippen LogP contribution in [-0.2, 0) is 16.1 Å². The van der Waals surface area contributed by atoms with E-state index < -0.39 is 5.97 Å². The first-order chi connectivity index (χ1) is 12.0. The highest BCUT2D eigenvalue weighted by Gasteiger charge is 2.16. The second-order valence-corrected chi connectivity index (χ2v) is 8.35. The Morgan fingerprint density at radius 2 is 2.00 bits per heavy atom. The number of rotatable bonds is 4. The molecule has 0 saturated carbocycles. The number of aromatic nitrogens is 1. The average molecular weight is 441 g/mol. The van der Waals surface area contributed by atoms with Gasteiger partial charge in [0.15, 0.2) is 4.80 Å². The quantitative estimate of drug-likeness (QED) is 0.582. The normalized spacial score (nSPS) is 11.7. The van der Waals surface area contributed by atoms with Crippen molar-refractivity contribution in [3.8, 4) is 5.75 Å². The topological polar surface area (TPSA) is 69.9 Å². The van der Waals surface area contributed by atoms with Crippen LogP contribution in [0.4, 0.5) is 0 Å². The number of hydrogen-bond acceptors (Lipinski definition) is 6. The fourth-order valence-corrected chi connectivity index (χ4v) is 4.57. The molecule has 0 aliphatic carbocycles. The smallest absolute Gasteiger partial charge is 0.325 e. The molecule has 25 heavy (non-hydrogen) atoms. The average Bonchev–Trinajstić information content (AvgIpc) is 3.18. The molecule has 0 bridgehead atoms. The number of amides is 1. The van der Waals surface area contributed by atoms with E-state index in [0.717, 1.165) is 8.49 Å². The van der Waals surface area contributed by atoms with Crippen LogP contribution >= 0.6 is 38.6 Å². The molecule has 0 fully saturated rings. The van der Waals surface area contributed by atoms with Gasteiger partial charge in [-0.3, -0.25) is 9.59 Å². The Labute approximate surface area is 159 Å². The van der Waals surface area contributed by atoms with Gasteiger partial charge in [0, 0.05) is 0 Å². The summed E-state index contributed by atoms with van der Waals surface area (Å²) < 4.78 is 13.5. The molecule has 1 amide bonds. The zero-order chi connectivity index (χ0) is 18.0. The van der Waals surface area contributed by atoms with Crippen LogP contribution in [0.15, 0.2) is 39.1 Å². The van der Waals surface area contributed by atoms with Gasteiger partial charge in [0.2, 0.25) is 0 Å². The number of hydrogen-bond donors (Lipinski definition) is 0. The SMILES string of the molecule is COC(=O)Cn1c(=NC(=O)c2ccc(Br)s2)sc2cccc(OC)c21. The van der Waals surface area contributed by atoms with Crippen molar-refractivity contribution < 1.29 is 19.1 Å². The highest BCUT2D eigenvalue weighted by atomic mass is 79.9. The van der Waals surface area contributed by atoms with E-state index >= 15 is 0 Å². The van der Waals surface area contributed by atoms with Crippen molar-refractivity contribution in [2.24, 2.45) is 4.99 Å². The molecule has 0 aliphatic heterocycles. The lowest BCUT2D eigenvalue weighted by Crippen LogP contribution is -2.22. The van der Waals surface area contributed by atoms with Crippen molar-refractivity contribution in [2.75, 3.05) is 14.2 Å². The largest absolute Gasteiger partial charge is 0.495 e. The first-order valence-electron chi connectivity index (χ1n) is 7.11. The standard InChI is InChI=1S/C16H13BrN2O4S2/c1-22-9-4-3-5-10-14(9)19(8-13(20)23-2)16(25-10)18-15(21)11-6-7-12(17)24-11/h3-7H,8H2,1-2H3. The molecule has 3 rings (SSSR count). The van der Waals surface area contributed by atoms with Gasteiger partial charge in [-0.05, 0) is 40.2 Å². The Morgan fingerprint density at radius 1 is 1.20 bits per heavy atom. The number of carbonyl (C=O) groups is 2. The molecule has 0 atom stereocenters. The van der Waals surface area contributed by atoms with E-state index in [9.17, 15) is 9.59 Å². The fraction of sp³-hybridized carbons (Fsp3) is 0.188. The van der Waals surface area contributed by atoms with Crippen LogP contribution in [0.2, 0.25) is 0 Å². The molecular formula is C16H13BrN2O4S2. The molecule has 0 saturated heterocycles. The molecule has 130 valence electrons. The van der Waals surface area contributed by atoms with E-state index in [4.69, 9.17) is 9.47 Å². The lowest BCUT2D eigenvalue weighted by Gasteiger charge is -2.07. The van der Waals surface area contributed by atoms with Crippen molar-refractivity contribution >= 4 is 60.7 Å². The monoisotopic (exact) mass is 440 g/mol. The second-order valence-electron chi connectivity index (χ2n) is 4.87. The summed E-state index contributed by atoms with van der Waals surface area (Å²) in [6.45, 7) is -0.0584. The molecule has 0 spiro atoms. The van der Waals surface area contributed by atoms with Crippen LogP contribution < -0.4 is 9.54 Å². The Morgan fingerprint density at radius 3 is 2.64 bits per heavy atom. The third kappa shape index (κ3) is 3.68. The summed E-state index contributed by atoms with van der Waals surface area (Å²) in [6, 6.07) is 9.04. The number of benzene rings is 1. The lowest BCUT2D eigenvalue weighted by molar-refractivity contribution is -0.141. The molecule has 1 aromatic carbocycles. The number of para-hydroxylation sites is 1. The summed E-state index contributed by atoms with van der Waals surface area (Å²) in [7, 11) is 2.87. The summed E-state index contributed by atoms with van der Waals surface area (Å²) in [5.41, 5.74) is 0.708. The second kappa shape index (κ2) is 7.51. The van der Waals surface area contributed by atoms with Crippen molar-refractivity contribution in [1.29, 1.82) is 0 Å². The number of methoxy groups -OCH3 is 2. The van der Waals surface area contributed by atoms with E-state index in [1.165, 1.54) is 29.8 Å². The number of carbonyl (C=O) groups excluding carboxylic acids is 2. The van der Waals surface area contributed by atoms with Crippen molar-refractivity contribution in [3.63, 3.8) is 0 Å². The molecule has 6 nitrogen and oxygen atoms in total. The number of esters is 1. The minimum absolute atomic E-state index is 0.0584. The number of nitrogens with zero attached hydrogens (tertiary/aromatic N) is 2. The molecule has 3 aromatic rings. The molecule has 2 heterocycles. The van der Waals surface area contributed by atoms with Gasteiger partial charge in [-0.1, -0.05) is 17.4 Å². The number of fused-ring (bicyclic) bond motifs is 1. The maximum Gasteiger partial charge on any atom is 0.325 e. The van der Waals surface area contributed by atoms with Gasteiger partial charge in [0.25, 0.3) is 5.91 Å². The molecule has 2 aromatic heterocycles. The predicted molar refractivity (Wildman–Crippen MR) is 100 cm³/mol. The summed E-state index contributed by atoms with van der Waals surface area (Å²) in [5.74, 6) is -0.191. The first kappa shape index (κ1) is 17.8. The van der Waals surface area contributed by atoms with Gasteiger partial charge in [-0.25, -0.2) is 0 Å². The van der Waals surface area contributed by atoms with E-state index in [2.05, 4.69) is 20.9 Å². The molecular weight excluding hydrogens is 428 g/mol. The minimum Gasteiger partial charge on any atom is -0.495 e. The highest BCUT2D eigenvalue weighted by Crippen LogP contribution is 2.27. The van der Waals surface area contributed by atoms with Crippen molar-refractivity contribution in [3.05, 3.63) is 43.8 Å². The van der Waals surface area contributed by atoms with Gasteiger partial charge in [-0.2, -0.15) is 4.99 Å². The fourth-order valence-electron chi connectivity index (χ4n) is 2.26. The van der Waals surface area contributed by atoms with E-state index in [1.54, 1.807) is 29.9 Å². The molecule has 0 radical (unpaired) electrons. The summed E-state index contributed by atoms with van der Waals surface area (Å²) in [6.07, 6.45) is 0. The molecule has 0 unspecified atom stereocenters. The van der Waals surface area contributed by atoms with E-state index in [-0.39, 0.29) is 12.5 Å². The van der Waals surface area contributed by atoms with Crippen LogP contribution in [0, 0.1) is 0 Å². The third-order valence-corrected chi connectivity index (χ3v) is 6.04. The Bertz CT molecular complexity index is 1020. The molecule has 0 N–H and O–H groups in total. The number of thiazole rings is 1. The van der Waals surface area contributed by atoms with Gasteiger partial charge in [0.1, 0.15) is 17.8 Å².